The molecule has 5 atom stereocenters. The molecule has 3 amide bonds. The number of anilines is 4. The molecule has 0 unspecified atom stereocenters. The third-order valence-corrected chi connectivity index (χ3v) is 12.1. The molecule has 6 rings (SSSR count). The maximum Gasteiger partial charge on any atom is 0.268 e. The molecule has 0 aromatic heterocycles. The molecule has 3 aromatic carbocycles. The summed E-state index contributed by atoms with van der Waals surface area (Å²) >= 11 is 0. The molecule has 2 saturated heterocycles. The quantitative estimate of drug-likeness (QED) is 0.278. The number of hydrogen-bond acceptors (Lipinski definition) is 6. The van der Waals surface area contributed by atoms with Crippen molar-refractivity contribution in [1.29, 1.82) is 0 Å². The topological polar surface area (TPSA) is 111 Å². The van der Waals surface area contributed by atoms with Crippen molar-refractivity contribution in [1.82, 2.24) is 4.90 Å². The van der Waals surface area contributed by atoms with Gasteiger partial charge < -0.3 is 19.5 Å². The lowest BCUT2D eigenvalue weighted by atomic mass is 9.82. The van der Waals surface area contributed by atoms with E-state index in [1.165, 1.54) is 4.90 Å². The number of para-hydroxylation sites is 2. The predicted molar refractivity (Wildman–Crippen MR) is 170 cm³/mol. The van der Waals surface area contributed by atoms with Gasteiger partial charge in [-0.15, -0.1) is 0 Å². The maximum atomic E-state index is 14.8. The molecule has 1 spiro atoms. The van der Waals surface area contributed by atoms with Gasteiger partial charge in [0.25, 0.3) is 5.91 Å². The van der Waals surface area contributed by atoms with Crippen molar-refractivity contribution in [2.24, 2.45) is 5.92 Å². The first-order valence-corrected chi connectivity index (χ1v) is 18.3. The molecular formula is C34H39N3O6Si. The van der Waals surface area contributed by atoms with Crippen LogP contribution in [0.4, 0.5) is 22.7 Å². The van der Waals surface area contributed by atoms with Crippen LogP contribution in [0.3, 0.4) is 0 Å². The lowest BCUT2D eigenvalue weighted by Crippen LogP contribution is -2.45. The molecule has 9 nitrogen and oxygen atoms in total. The normalized spacial score (nSPS) is 26.3. The molecule has 10 heteroatoms. The Hall–Kier alpha value is -3.83. The van der Waals surface area contributed by atoms with Gasteiger partial charge in [-0.1, -0.05) is 43.3 Å². The second kappa shape index (κ2) is 11.6. The third-order valence-electron chi connectivity index (χ3n) is 9.59. The summed E-state index contributed by atoms with van der Waals surface area (Å²) in [5.41, 5.74) is 1.24. The zero-order chi connectivity index (χ0) is 31.2. The van der Waals surface area contributed by atoms with Gasteiger partial charge in [0.05, 0.1) is 30.9 Å². The number of benzene rings is 3. The van der Waals surface area contributed by atoms with E-state index in [4.69, 9.17) is 4.74 Å². The summed E-state index contributed by atoms with van der Waals surface area (Å²) in [5, 5.41) is 9.85. The maximum absolute atomic E-state index is 14.8. The molecule has 230 valence electrons. The third kappa shape index (κ3) is 4.86. The van der Waals surface area contributed by atoms with Crippen LogP contribution in [0.1, 0.15) is 31.7 Å². The number of nitrogens with zero attached hydrogens (tertiary/aromatic N) is 3. The second-order valence-corrected chi connectivity index (χ2v) is 16.6. The number of likely N-dealkylation sites (tertiary alicyclic amines) is 1. The molecule has 3 aliphatic heterocycles. The van der Waals surface area contributed by atoms with E-state index < -0.39 is 31.5 Å². The predicted octanol–water partition coefficient (Wildman–Crippen LogP) is 4.83. The number of carbonyl (C=O) groups excluding carboxylic acids is 3. The fourth-order valence-corrected chi connectivity index (χ4v) is 10.2. The number of aliphatic hydroxyl groups is 1. The van der Waals surface area contributed by atoms with Crippen molar-refractivity contribution in [3.05, 3.63) is 84.4 Å². The minimum absolute atomic E-state index is 0.00235. The Kier molecular flexibility index (Phi) is 7.96. The number of rotatable bonds is 8. The van der Waals surface area contributed by atoms with E-state index in [9.17, 15) is 24.3 Å². The van der Waals surface area contributed by atoms with E-state index in [0.717, 1.165) is 19.3 Å². The van der Waals surface area contributed by atoms with Gasteiger partial charge in [-0.3, -0.25) is 24.2 Å². The monoisotopic (exact) mass is 613 g/mol. The molecule has 3 aliphatic rings. The zero-order valence-corrected chi connectivity index (χ0v) is 26.3. The molecule has 3 aromatic rings. The number of ether oxygens (including phenoxy) is 1. The number of carbonyl (C=O) groups is 3. The van der Waals surface area contributed by atoms with Gasteiger partial charge in [0.2, 0.25) is 12.3 Å². The minimum Gasteiger partial charge on any atom is -0.432 e. The second-order valence-electron chi connectivity index (χ2n) is 12.6. The number of amides is 3. The summed E-state index contributed by atoms with van der Waals surface area (Å²) in [6, 6.07) is 23.9. The van der Waals surface area contributed by atoms with Crippen molar-refractivity contribution < 1.29 is 29.0 Å². The van der Waals surface area contributed by atoms with Gasteiger partial charge in [0.1, 0.15) is 0 Å². The highest BCUT2D eigenvalue weighted by atomic mass is 28.4. The first-order chi connectivity index (χ1) is 21.1. The zero-order valence-electron chi connectivity index (χ0n) is 25.3. The van der Waals surface area contributed by atoms with E-state index >= 15 is 0 Å². The smallest absolute Gasteiger partial charge is 0.268 e. The fraction of sp³-hybridized carbons (Fsp3) is 0.382. The van der Waals surface area contributed by atoms with Crippen molar-refractivity contribution in [3.8, 4) is 0 Å². The van der Waals surface area contributed by atoms with Crippen molar-refractivity contribution in [2.75, 3.05) is 23.0 Å². The summed E-state index contributed by atoms with van der Waals surface area (Å²) in [7, 11) is -3.01. The van der Waals surface area contributed by atoms with Gasteiger partial charge in [-0.05, 0) is 68.4 Å². The van der Waals surface area contributed by atoms with E-state index in [2.05, 4.69) is 0 Å². The first-order valence-electron chi connectivity index (χ1n) is 15.3. The van der Waals surface area contributed by atoms with Gasteiger partial charge in [-0.2, -0.15) is 0 Å². The molecule has 0 saturated carbocycles. The van der Waals surface area contributed by atoms with Gasteiger partial charge >= 0.3 is 0 Å². The highest BCUT2D eigenvalue weighted by Crippen LogP contribution is 2.61. The number of aliphatic hydroxyl groups excluding tert-OH is 1. The van der Waals surface area contributed by atoms with E-state index in [0.29, 0.717) is 34.9 Å². The molecule has 2 N–H and O–H groups in total. The molecule has 0 aliphatic carbocycles. The van der Waals surface area contributed by atoms with Crippen LogP contribution in [-0.4, -0.2) is 66.6 Å². The number of hydrogen-bond donors (Lipinski definition) is 2. The van der Waals surface area contributed by atoms with Crippen LogP contribution < -0.4 is 9.80 Å². The summed E-state index contributed by atoms with van der Waals surface area (Å²) in [4.78, 5) is 57.4. The number of fused-ring (bicyclic) bond motifs is 2. The fourth-order valence-electron chi connectivity index (χ4n) is 7.68. The molecule has 2 fully saturated rings. The van der Waals surface area contributed by atoms with E-state index in [1.54, 1.807) is 9.80 Å². The highest BCUT2D eigenvalue weighted by molar-refractivity contribution is 6.71. The van der Waals surface area contributed by atoms with Crippen molar-refractivity contribution in [3.63, 3.8) is 0 Å². The Morgan fingerprint density at radius 3 is 2.39 bits per heavy atom. The van der Waals surface area contributed by atoms with E-state index in [-0.39, 0.29) is 30.9 Å². The Morgan fingerprint density at radius 2 is 1.75 bits per heavy atom. The lowest BCUT2D eigenvalue weighted by Gasteiger charge is -2.33. The van der Waals surface area contributed by atoms with Crippen molar-refractivity contribution >= 4 is 49.3 Å². The van der Waals surface area contributed by atoms with Crippen LogP contribution in [-0.2, 0) is 24.7 Å². The Labute approximate surface area is 258 Å². The summed E-state index contributed by atoms with van der Waals surface area (Å²) in [6.07, 6.45) is 1.60. The standard InChI is InChI=1S/C34H39N3O6Si/c1-23-32(44(2,3)42)30(20-31(40)35-18-10-15-27(35)21-38)43-34(23)28-19-26(36(22-39)24-11-6-4-7-12-24)16-17-29(28)37(33(34)41)25-13-8-5-9-14-25/h4-9,11-14,16-17,19,22-23,27,30,32,38,42H,10,15,18,20-21H2,1-3H3/t23-,27-,30+,32-,34+/m0/s1. The van der Waals surface area contributed by atoms with E-state index in [1.807, 2.05) is 98.9 Å². The summed E-state index contributed by atoms with van der Waals surface area (Å²) < 4.78 is 6.89. The molecule has 0 radical (unpaired) electrons. The molecule has 44 heavy (non-hydrogen) atoms. The lowest BCUT2D eigenvalue weighted by molar-refractivity contribution is -0.149. The average Bonchev–Trinajstić information content (AvgIpc) is 3.68. The summed E-state index contributed by atoms with van der Waals surface area (Å²) in [6.45, 7) is 6.06. The van der Waals surface area contributed by atoms with Crippen LogP contribution in [0.25, 0.3) is 0 Å². The Balaban J connectivity index is 1.48. The largest absolute Gasteiger partial charge is 0.432 e. The summed E-state index contributed by atoms with van der Waals surface area (Å²) in [5.74, 6) is -0.904. The van der Waals surface area contributed by atoms with Crippen LogP contribution in [0, 0.1) is 5.92 Å². The van der Waals surface area contributed by atoms with Gasteiger partial charge in [0.15, 0.2) is 13.9 Å². The molecular weight excluding hydrogens is 574 g/mol. The SMILES string of the molecule is C[C@H]1[C@H]([Si](C)(C)O)[C@@H](CC(=O)N2CCC[C@H]2CO)O[C@]12C(=O)N(c1ccccc1)c1ccc(N(C=O)c3ccccc3)cc12. The first kappa shape index (κ1) is 30.2. The van der Waals surface area contributed by atoms with Crippen LogP contribution in [0.5, 0.6) is 0 Å². The van der Waals surface area contributed by atoms with Crippen LogP contribution in [0.2, 0.25) is 18.6 Å². The van der Waals surface area contributed by atoms with Crippen molar-refractivity contribution in [2.45, 2.75) is 62.6 Å². The highest BCUT2D eigenvalue weighted by Gasteiger charge is 2.67. The molecule has 3 heterocycles. The van der Waals surface area contributed by atoms with Gasteiger partial charge in [-0.25, -0.2) is 0 Å². The molecule has 0 bridgehead atoms. The average molecular weight is 614 g/mol. The minimum atomic E-state index is -3.01. The Morgan fingerprint density at radius 1 is 1.07 bits per heavy atom. The van der Waals surface area contributed by atoms with Crippen LogP contribution >= 0.6 is 0 Å². The van der Waals surface area contributed by atoms with Crippen LogP contribution in [0.15, 0.2) is 78.9 Å². The van der Waals surface area contributed by atoms with Gasteiger partial charge in [0, 0.05) is 40.6 Å². The Bertz CT molecular complexity index is 1550.